The Morgan fingerprint density at radius 1 is 1.25 bits per heavy atom. The Balaban J connectivity index is 1.95. The minimum Gasteiger partial charge on any atom is -0.399 e. The van der Waals surface area contributed by atoms with E-state index in [-0.39, 0.29) is 5.91 Å². The summed E-state index contributed by atoms with van der Waals surface area (Å²) in [4.78, 5) is 17.6. The number of halogens is 1. The van der Waals surface area contributed by atoms with Gasteiger partial charge in [0.05, 0.1) is 12.7 Å². The minimum atomic E-state index is -0.399. The molecule has 0 saturated heterocycles. The number of rotatable bonds is 2. The average molecular weight is 271 g/mol. The number of aromatic nitrogens is 1. The second-order valence-corrected chi connectivity index (χ2v) is 4.88. The summed E-state index contributed by atoms with van der Waals surface area (Å²) in [5.41, 5.74) is 9.02. The lowest BCUT2D eigenvalue weighted by atomic mass is 10.00. The Bertz CT molecular complexity index is 672. The quantitative estimate of drug-likeness (QED) is 0.852. The first-order chi connectivity index (χ1) is 9.63. The van der Waals surface area contributed by atoms with E-state index in [1.165, 1.54) is 6.07 Å². The summed E-state index contributed by atoms with van der Waals surface area (Å²) in [5.74, 6) is -0.365. The number of amides is 1. The standard InChI is InChI=1S/C15H14FN3O/c16-12-5-10(7-18-8-12)9-19-14-3-2-13(17)6-11(14)1-4-15(19)20/h2-3,5-8H,1,4,9,17H2. The zero-order valence-electron chi connectivity index (χ0n) is 10.8. The van der Waals surface area contributed by atoms with Crippen LogP contribution >= 0.6 is 0 Å². The summed E-state index contributed by atoms with van der Waals surface area (Å²) < 4.78 is 13.2. The van der Waals surface area contributed by atoms with Gasteiger partial charge in [0, 0.05) is 24.0 Å². The Hall–Kier alpha value is -2.43. The van der Waals surface area contributed by atoms with Gasteiger partial charge in [-0.15, -0.1) is 0 Å². The summed E-state index contributed by atoms with van der Waals surface area (Å²) in [6.45, 7) is 0.320. The molecule has 2 N–H and O–H groups in total. The first-order valence-electron chi connectivity index (χ1n) is 6.42. The third-order valence-electron chi connectivity index (χ3n) is 3.41. The van der Waals surface area contributed by atoms with Gasteiger partial charge in [-0.3, -0.25) is 9.78 Å². The lowest BCUT2D eigenvalue weighted by Gasteiger charge is -2.29. The van der Waals surface area contributed by atoms with E-state index in [1.807, 2.05) is 12.1 Å². The fourth-order valence-corrected chi connectivity index (χ4v) is 2.48. The van der Waals surface area contributed by atoms with Crippen LogP contribution in [0.25, 0.3) is 0 Å². The molecule has 2 aromatic rings. The molecule has 0 radical (unpaired) electrons. The molecule has 4 nitrogen and oxygen atoms in total. The van der Waals surface area contributed by atoms with Crippen molar-refractivity contribution in [2.24, 2.45) is 0 Å². The van der Waals surface area contributed by atoms with Crippen LogP contribution in [0.3, 0.4) is 0 Å². The number of carbonyl (C=O) groups excluding carboxylic acids is 1. The molecule has 0 fully saturated rings. The third kappa shape index (κ3) is 2.34. The summed E-state index contributed by atoms with van der Waals surface area (Å²) in [6.07, 6.45) is 3.86. The van der Waals surface area contributed by atoms with Crippen LogP contribution in [0.2, 0.25) is 0 Å². The van der Waals surface area contributed by atoms with Crippen LogP contribution < -0.4 is 10.6 Å². The zero-order chi connectivity index (χ0) is 14.1. The number of hydrogen-bond acceptors (Lipinski definition) is 3. The van der Waals surface area contributed by atoms with Gasteiger partial charge in [-0.1, -0.05) is 0 Å². The molecule has 0 saturated carbocycles. The highest BCUT2D eigenvalue weighted by molar-refractivity contribution is 5.96. The normalized spacial score (nSPS) is 14.2. The number of pyridine rings is 1. The molecule has 1 aliphatic rings. The predicted octanol–water partition coefficient (Wildman–Crippen LogP) is 2.28. The number of nitrogens with zero attached hydrogens (tertiary/aromatic N) is 2. The molecule has 1 aliphatic heterocycles. The molecule has 1 amide bonds. The summed E-state index contributed by atoms with van der Waals surface area (Å²) >= 11 is 0. The van der Waals surface area contributed by atoms with Crippen molar-refractivity contribution < 1.29 is 9.18 Å². The number of benzene rings is 1. The van der Waals surface area contributed by atoms with E-state index in [0.717, 1.165) is 17.4 Å². The van der Waals surface area contributed by atoms with Gasteiger partial charge in [0.25, 0.3) is 0 Å². The summed E-state index contributed by atoms with van der Waals surface area (Å²) in [6, 6.07) is 6.90. The van der Waals surface area contributed by atoms with Crippen molar-refractivity contribution in [1.82, 2.24) is 4.98 Å². The van der Waals surface area contributed by atoms with Crippen molar-refractivity contribution in [1.29, 1.82) is 0 Å². The maximum Gasteiger partial charge on any atom is 0.227 e. The summed E-state index contributed by atoms with van der Waals surface area (Å²) in [5, 5.41) is 0. The van der Waals surface area contributed by atoms with Gasteiger partial charge < -0.3 is 10.6 Å². The molecule has 2 heterocycles. The van der Waals surface area contributed by atoms with Crippen molar-refractivity contribution in [2.75, 3.05) is 10.6 Å². The van der Waals surface area contributed by atoms with Crippen molar-refractivity contribution in [3.63, 3.8) is 0 Å². The Labute approximate surface area is 116 Å². The van der Waals surface area contributed by atoms with Crippen LogP contribution in [-0.4, -0.2) is 10.9 Å². The van der Waals surface area contributed by atoms with Crippen LogP contribution in [0.5, 0.6) is 0 Å². The second kappa shape index (κ2) is 4.92. The van der Waals surface area contributed by atoms with Crippen molar-refractivity contribution in [3.8, 4) is 0 Å². The van der Waals surface area contributed by atoms with Gasteiger partial charge >= 0.3 is 0 Å². The average Bonchev–Trinajstić information content (AvgIpc) is 2.42. The molecule has 0 unspecified atom stereocenters. The zero-order valence-corrected chi connectivity index (χ0v) is 10.8. The van der Waals surface area contributed by atoms with Gasteiger partial charge in [-0.2, -0.15) is 0 Å². The number of hydrogen-bond donors (Lipinski definition) is 1. The van der Waals surface area contributed by atoms with Gasteiger partial charge in [0.1, 0.15) is 5.82 Å². The van der Waals surface area contributed by atoms with E-state index in [4.69, 9.17) is 5.73 Å². The molecule has 0 atom stereocenters. The predicted molar refractivity (Wildman–Crippen MR) is 74.6 cm³/mol. The maximum absolute atomic E-state index is 13.2. The number of nitrogen functional groups attached to an aromatic ring is 1. The lowest BCUT2D eigenvalue weighted by molar-refractivity contribution is -0.119. The van der Waals surface area contributed by atoms with Crippen LogP contribution in [0.4, 0.5) is 15.8 Å². The van der Waals surface area contributed by atoms with Crippen molar-refractivity contribution >= 4 is 17.3 Å². The highest BCUT2D eigenvalue weighted by Gasteiger charge is 2.24. The molecule has 3 rings (SSSR count). The Kier molecular flexibility index (Phi) is 3.10. The monoisotopic (exact) mass is 271 g/mol. The molecule has 0 spiro atoms. The third-order valence-corrected chi connectivity index (χ3v) is 3.41. The van der Waals surface area contributed by atoms with Crippen molar-refractivity contribution in [2.45, 2.75) is 19.4 Å². The van der Waals surface area contributed by atoms with E-state index in [0.29, 0.717) is 30.6 Å². The van der Waals surface area contributed by atoms with E-state index in [2.05, 4.69) is 4.98 Å². The molecule has 102 valence electrons. The molecular formula is C15H14FN3O. The fourth-order valence-electron chi connectivity index (χ4n) is 2.48. The SMILES string of the molecule is Nc1ccc2c(c1)CCC(=O)N2Cc1cncc(F)c1. The van der Waals surface area contributed by atoms with Crippen LogP contribution in [0.1, 0.15) is 17.5 Å². The largest absolute Gasteiger partial charge is 0.399 e. The van der Waals surface area contributed by atoms with Crippen LogP contribution in [0.15, 0.2) is 36.7 Å². The number of nitrogens with two attached hydrogens (primary N) is 1. The number of aryl methyl sites for hydroxylation is 1. The smallest absolute Gasteiger partial charge is 0.227 e. The maximum atomic E-state index is 13.2. The number of anilines is 2. The summed E-state index contributed by atoms with van der Waals surface area (Å²) in [7, 11) is 0. The van der Waals surface area contributed by atoms with Gasteiger partial charge in [-0.25, -0.2) is 4.39 Å². The van der Waals surface area contributed by atoms with Crippen molar-refractivity contribution in [3.05, 3.63) is 53.6 Å². The molecule has 0 aliphatic carbocycles. The Morgan fingerprint density at radius 2 is 2.10 bits per heavy atom. The van der Waals surface area contributed by atoms with Crippen LogP contribution in [0, 0.1) is 5.82 Å². The molecule has 1 aromatic heterocycles. The highest BCUT2D eigenvalue weighted by Crippen LogP contribution is 2.30. The molecule has 0 bridgehead atoms. The topological polar surface area (TPSA) is 59.2 Å². The number of fused-ring (bicyclic) bond motifs is 1. The lowest BCUT2D eigenvalue weighted by Crippen LogP contribution is -2.34. The van der Waals surface area contributed by atoms with E-state index >= 15 is 0 Å². The minimum absolute atomic E-state index is 0.0338. The van der Waals surface area contributed by atoms with Crippen LogP contribution in [-0.2, 0) is 17.8 Å². The van der Waals surface area contributed by atoms with E-state index in [1.54, 1.807) is 17.2 Å². The number of carbonyl (C=O) groups is 1. The first kappa shape index (κ1) is 12.6. The van der Waals surface area contributed by atoms with Gasteiger partial charge in [-0.05, 0) is 41.8 Å². The van der Waals surface area contributed by atoms with E-state index in [9.17, 15) is 9.18 Å². The van der Waals surface area contributed by atoms with E-state index < -0.39 is 5.82 Å². The highest BCUT2D eigenvalue weighted by atomic mass is 19.1. The first-order valence-corrected chi connectivity index (χ1v) is 6.42. The molecular weight excluding hydrogens is 257 g/mol. The fraction of sp³-hybridized carbons (Fsp3) is 0.200. The molecule has 1 aromatic carbocycles. The van der Waals surface area contributed by atoms with Gasteiger partial charge in [0.2, 0.25) is 5.91 Å². The Morgan fingerprint density at radius 3 is 2.90 bits per heavy atom. The molecule has 5 heteroatoms. The molecule has 20 heavy (non-hydrogen) atoms. The second-order valence-electron chi connectivity index (χ2n) is 4.88. The van der Waals surface area contributed by atoms with Gasteiger partial charge in [0.15, 0.2) is 0 Å².